The van der Waals surface area contributed by atoms with Crippen molar-refractivity contribution in [1.29, 1.82) is 0 Å². The number of rotatable bonds is 6. The molecule has 1 aromatic heterocycles. The number of aromatic nitrogens is 1. The quantitative estimate of drug-likeness (QED) is 0.540. The number of methoxy groups -OCH3 is 2. The van der Waals surface area contributed by atoms with E-state index in [1.165, 1.54) is 0 Å². The van der Waals surface area contributed by atoms with Crippen LogP contribution in [0, 0.1) is 0 Å². The van der Waals surface area contributed by atoms with Gasteiger partial charge in [0.25, 0.3) is 5.56 Å². The Morgan fingerprint density at radius 3 is 2.10 bits per heavy atom. The molecular formula is C30H42N4O6. The number of pyridine rings is 1. The van der Waals surface area contributed by atoms with Gasteiger partial charge in [-0.2, -0.15) is 0 Å². The normalized spacial score (nSPS) is 16.0. The average Bonchev–Trinajstić information content (AvgIpc) is 2.93. The maximum atomic E-state index is 13.0. The molecule has 0 radical (unpaired) electrons. The molecule has 10 nitrogen and oxygen atoms in total. The van der Waals surface area contributed by atoms with Crippen molar-refractivity contribution in [1.82, 2.24) is 19.3 Å². The lowest BCUT2D eigenvalue weighted by atomic mass is 9.91. The number of nitrogens with zero attached hydrogens (tertiary/aromatic N) is 4. The van der Waals surface area contributed by atoms with Crippen LogP contribution in [0.4, 0.5) is 4.79 Å². The van der Waals surface area contributed by atoms with Gasteiger partial charge in [-0.1, -0.05) is 6.92 Å². The van der Waals surface area contributed by atoms with Crippen LogP contribution in [0.1, 0.15) is 50.8 Å². The van der Waals surface area contributed by atoms with E-state index in [1.807, 2.05) is 46.0 Å². The number of piperazine rings is 1. The maximum Gasteiger partial charge on any atom is 0.410 e. The van der Waals surface area contributed by atoms with Crippen LogP contribution in [0.5, 0.6) is 11.5 Å². The van der Waals surface area contributed by atoms with Crippen molar-refractivity contribution >= 4 is 12.0 Å². The monoisotopic (exact) mass is 554 g/mol. The number of hydrogen-bond donors (Lipinski definition) is 0. The van der Waals surface area contributed by atoms with Gasteiger partial charge in [-0.3, -0.25) is 14.5 Å². The topological polar surface area (TPSA) is 93.6 Å². The average molecular weight is 555 g/mol. The van der Waals surface area contributed by atoms with E-state index < -0.39 is 5.60 Å². The minimum atomic E-state index is -0.521. The lowest BCUT2D eigenvalue weighted by Gasteiger charge is -2.36. The van der Waals surface area contributed by atoms with E-state index in [9.17, 15) is 14.4 Å². The second-order valence-electron chi connectivity index (χ2n) is 11.4. The molecule has 1 saturated heterocycles. The molecule has 1 aromatic carbocycles. The molecular weight excluding hydrogens is 512 g/mol. The molecule has 0 spiro atoms. The Hall–Kier alpha value is -3.53. The molecule has 2 aliphatic heterocycles. The van der Waals surface area contributed by atoms with Crippen LogP contribution < -0.4 is 15.0 Å². The Balaban J connectivity index is 1.60. The van der Waals surface area contributed by atoms with Crippen molar-refractivity contribution < 1.29 is 23.8 Å². The minimum Gasteiger partial charge on any atom is -0.496 e. The van der Waals surface area contributed by atoms with Crippen molar-refractivity contribution in [2.45, 2.75) is 59.2 Å². The van der Waals surface area contributed by atoms with Crippen LogP contribution >= 0.6 is 0 Å². The summed E-state index contributed by atoms with van der Waals surface area (Å²) in [6.45, 7) is 11.5. The number of ether oxygens (including phenoxy) is 3. The van der Waals surface area contributed by atoms with Crippen LogP contribution in [0.25, 0.3) is 11.1 Å². The predicted molar refractivity (Wildman–Crippen MR) is 153 cm³/mol. The second kappa shape index (κ2) is 11.9. The first kappa shape index (κ1) is 29.5. The van der Waals surface area contributed by atoms with Gasteiger partial charge >= 0.3 is 6.09 Å². The Morgan fingerprint density at radius 1 is 0.925 bits per heavy atom. The van der Waals surface area contributed by atoms with E-state index in [0.717, 1.165) is 22.3 Å². The minimum absolute atomic E-state index is 0.0534. The highest BCUT2D eigenvalue weighted by molar-refractivity contribution is 5.77. The number of amides is 2. The van der Waals surface area contributed by atoms with Gasteiger partial charge in [0.2, 0.25) is 5.91 Å². The lowest BCUT2D eigenvalue weighted by Crippen LogP contribution is -2.49. The summed E-state index contributed by atoms with van der Waals surface area (Å²) in [7, 11) is 5.03. The SMILES string of the molecule is CCC(=O)N1CCc2c(-c3cc(OC)c(CN4CCN(C(=O)OC(C)(C)C)CC4)c(OC)c3)cn(C)c(=O)c2C1. The van der Waals surface area contributed by atoms with Gasteiger partial charge in [-0.05, 0) is 50.5 Å². The standard InChI is InChI=1S/C30H42N4O6/c1-8-27(35)34-10-9-21-22(17-31(5)28(36)23(21)19-34)20-15-25(38-6)24(26(16-20)39-7)18-32-11-13-33(14-12-32)29(37)40-30(2,3)4/h15-17H,8-14,18-19H2,1-7H3. The Kier molecular flexibility index (Phi) is 8.77. The zero-order valence-corrected chi connectivity index (χ0v) is 24.8. The van der Waals surface area contributed by atoms with Gasteiger partial charge in [0, 0.05) is 70.1 Å². The van der Waals surface area contributed by atoms with E-state index in [4.69, 9.17) is 14.2 Å². The fourth-order valence-corrected chi connectivity index (χ4v) is 5.42. The van der Waals surface area contributed by atoms with Crippen LogP contribution in [0.15, 0.2) is 23.1 Å². The van der Waals surface area contributed by atoms with Gasteiger partial charge in [0.15, 0.2) is 0 Å². The molecule has 10 heteroatoms. The van der Waals surface area contributed by atoms with Gasteiger partial charge in [0.05, 0.1) is 26.3 Å². The summed E-state index contributed by atoms with van der Waals surface area (Å²) in [5.74, 6) is 1.45. The summed E-state index contributed by atoms with van der Waals surface area (Å²) in [4.78, 5) is 43.7. The van der Waals surface area contributed by atoms with E-state index in [1.54, 1.807) is 35.6 Å². The van der Waals surface area contributed by atoms with Crippen molar-refractivity contribution in [3.63, 3.8) is 0 Å². The van der Waals surface area contributed by atoms with Gasteiger partial charge < -0.3 is 28.6 Å². The Labute approximate surface area is 236 Å². The smallest absolute Gasteiger partial charge is 0.410 e. The molecule has 2 aromatic rings. The lowest BCUT2D eigenvalue weighted by molar-refractivity contribution is -0.131. The summed E-state index contributed by atoms with van der Waals surface area (Å²) in [6, 6.07) is 4.00. The van der Waals surface area contributed by atoms with Gasteiger partial charge in [-0.15, -0.1) is 0 Å². The zero-order chi connectivity index (χ0) is 29.2. The largest absolute Gasteiger partial charge is 0.496 e. The van der Waals surface area contributed by atoms with Crippen LogP contribution in [-0.2, 0) is 36.1 Å². The summed E-state index contributed by atoms with van der Waals surface area (Å²) in [5.41, 5.74) is 3.81. The van der Waals surface area contributed by atoms with Crippen LogP contribution in [0.3, 0.4) is 0 Å². The number of aryl methyl sites for hydroxylation is 1. The second-order valence-corrected chi connectivity index (χ2v) is 11.4. The summed E-state index contributed by atoms with van der Waals surface area (Å²) in [5, 5.41) is 0. The highest BCUT2D eigenvalue weighted by Gasteiger charge is 2.29. The Bertz CT molecular complexity index is 1300. The highest BCUT2D eigenvalue weighted by Crippen LogP contribution is 2.38. The van der Waals surface area contributed by atoms with Crippen molar-refractivity contribution in [2.75, 3.05) is 46.9 Å². The predicted octanol–water partition coefficient (Wildman–Crippen LogP) is 3.42. The molecule has 2 amide bonds. The maximum absolute atomic E-state index is 13.0. The van der Waals surface area contributed by atoms with Gasteiger partial charge in [0.1, 0.15) is 17.1 Å². The first-order valence-corrected chi connectivity index (χ1v) is 13.9. The third kappa shape index (κ3) is 6.27. The number of carbonyl (C=O) groups is 2. The fraction of sp³-hybridized carbons (Fsp3) is 0.567. The first-order chi connectivity index (χ1) is 18.9. The van der Waals surface area contributed by atoms with E-state index >= 15 is 0 Å². The van der Waals surface area contributed by atoms with Crippen LogP contribution in [-0.4, -0.2) is 83.8 Å². The number of fused-ring (bicyclic) bond motifs is 1. The first-order valence-electron chi connectivity index (χ1n) is 13.9. The van der Waals surface area contributed by atoms with Crippen molar-refractivity contribution in [3.05, 3.63) is 45.4 Å². The van der Waals surface area contributed by atoms with Crippen molar-refractivity contribution in [3.8, 4) is 22.6 Å². The van der Waals surface area contributed by atoms with E-state index in [2.05, 4.69) is 4.90 Å². The highest BCUT2D eigenvalue weighted by atomic mass is 16.6. The molecule has 0 N–H and O–H groups in total. The van der Waals surface area contributed by atoms with Crippen LogP contribution in [0.2, 0.25) is 0 Å². The molecule has 2 aliphatic rings. The molecule has 4 rings (SSSR count). The molecule has 1 fully saturated rings. The summed E-state index contributed by atoms with van der Waals surface area (Å²) in [6.07, 6.45) is 2.61. The third-order valence-corrected chi connectivity index (χ3v) is 7.55. The Morgan fingerprint density at radius 2 is 1.55 bits per heavy atom. The van der Waals surface area contributed by atoms with E-state index in [0.29, 0.717) is 75.7 Å². The molecule has 0 atom stereocenters. The molecule has 0 unspecified atom stereocenters. The van der Waals surface area contributed by atoms with E-state index in [-0.39, 0.29) is 17.6 Å². The third-order valence-electron chi connectivity index (χ3n) is 7.55. The molecule has 0 saturated carbocycles. The summed E-state index contributed by atoms with van der Waals surface area (Å²) >= 11 is 0. The molecule has 3 heterocycles. The number of carbonyl (C=O) groups excluding carboxylic acids is 2. The molecule has 0 bridgehead atoms. The van der Waals surface area contributed by atoms with Crippen molar-refractivity contribution in [2.24, 2.45) is 7.05 Å². The molecule has 40 heavy (non-hydrogen) atoms. The number of benzene rings is 1. The zero-order valence-electron chi connectivity index (χ0n) is 24.8. The number of hydrogen-bond acceptors (Lipinski definition) is 7. The fourth-order valence-electron chi connectivity index (χ4n) is 5.42. The molecule has 218 valence electrons. The van der Waals surface area contributed by atoms with Gasteiger partial charge in [-0.25, -0.2) is 4.79 Å². The summed E-state index contributed by atoms with van der Waals surface area (Å²) < 4.78 is 18.8. The molecule has 0 aliphatic carbocycles.